The highest BCUT2D eigenvalue weighted by atomic mass is 15.5. The van der Waals surface area contributed by atoms with Gasteiger partial charge in [-0.15, -0.1) is 10.2 Å². The molecular formula is C31H32N8. The number of rotatable bonds is 8. The SMILES string of the molecule is CCC1N=C2C(=CN(CC3CC3)CN2c2ccccc2)N1Cc1ccc(-c2ccccc2-c2nn[nH]n2)cc1. The van der Waals surface area contributed by atoms with E-state index in [1.807, 2.05) is 18.2 Å². The van der Waals surface area contributed by atoms with Gasteiger partial charge in [-0.3, -0.25) is 0 Å². The van der Waals surface area contributed by atoms with E-state index in [0.717, 1.165) is 54.6 Å². The van der Waals surface area contributed by atoms with Crippen LogP contribution in [0.1, 0.15) is 31.7 Å². The van der Waals surface area contributed by atoms with Crippen molar-refractivity contribution in [2.75, 3.05) is 18.1 Å². The molecule has 7 rings (SSSR count). The maximum Gasteiger partial charge on any atom is 0.205 e. The molecular weight excluding hydrogens is 484 g/mol. The van der Waals surface area contributed by atoms with Gasteiger partial charge in [0.25, 0.3) is 0 Å². The molecule has 3 aromatic carbocycles. The van der Waals surface area contributed by atoms with E-state index >= 15 is 0 Å². The standard InChI is InChI=1S/C31H32N8/c1-2-29-32-31-28(20-37(18-22-12-13-22)21-39(31)25-8-4-3-5-9-25)38(29)19-23-14-16-24(17-15-23)26-10-6-7-11-27(26)30-33-35-36-34-30/h3-11,14-17,20,22,29H,2,12-13,18-19,21H2,1H3,(H,33,34,35,36). The summed E-state index contributed by atoms with van der Waals surface area (Å²) < 4.78 is 0. The lowest BCUT2D eigenvalue weighted by molar-refractivity contribution is 0.261. The second-order valence-corrected chi connectivity index (χ2v) is 10.6. The van der Waals surface area contributed by atoms with Crippen molar-refractivity contribution in [1.29, 1.82) is 0 Å². The number of H-pyrrole nitrogens is 1. The lowest BCUT2D eigenvalue weighted by Gasteiger charge is -2.38. The summed E-state index contributed by atoms with van der Waals surface area (Å²) >= 11 is 0. The van der Waals surface area contributed by atoms with Crippen LogP contribution in [0.25, 0.3) is 22.5 Å². The van der Waals surface area contributed by atoms with Crippen LogP contribution in [0.5, 0.6) is 0 Å². The largest absolute Gasteiger partial charge is 0.357 e. The van der Waals surface area contributed by atoms with E-state index < -0.39 is 0 Å². The summed E-state index contributed by atoms with van der Waals surface area (Å²) in [7, 11) is 0. The minimum Gasteiger partial charge on any atom is -0.357 e. The number of aromatic nitrogens is 4. The third-order valence-corrected chi connectivity index (χ3v) is 7.81. The minimum absolute atomic E-state index is 0.122. The molecule has 1 N–H and O–H groups in total. The molecule has 1 unspecified atom stereocenters. The Morgan fingerprint density at radius 1 is 0.897 bits per heavy atom. The number of tetrazole rings is 1. The fourth-order valence-corrected chi connectivity index (χ4v) is 5.62. The van der Waals surface area contributed by atoms with E-state index in [4.69, 9.17) is 4.99 Å². The molecule has 3 aliphatic rings. The summed E-state index contributed by atoms with van der Waals surface area (Å²) in [5, 5.41) is 14.7. The van der Waals surface area contributed by atoms with Gasteiger partial charge < -0.3 is 14.7 Å². The van der Waals surface area contributed by atoms with Crippen LogP contribution >= 0.6 is 0 Å². The fourth-order valence-electron chi connectivity index (χ4n) is 5.62. The van der Waals surface area contributed by atoms with Gasteiger partial charge in [0.1, 0.15) is 6.17 Å². The molecule has 0 saturated heterocycles. The van der Waals surface area contributed by atoms with Crippen molar-refractivity contribution in [3.8, 4) is 22.5 Å². The maximum atomic E-state index is 5.25. The average Bonchev–Trinajstić information content (AvgIpc) is 3.49. The van der Waals surface area contributed by atoms with Crippen LogP contribution < -0.4 is 4.90 Å². The number of hydrogen-bond acceptors (Lipinski definition) is 7. The van der Waals surface area contributed by atoms with Crippen LogP contribution in [0.3, 0.4) is 0 Å². The van der Waals surface area contributed by atoms with Crippen molar-refractivity contribution in [3.63, 3.8) is 0 Å². The number of benzene rings is 3. The highest BCUT2D eigenvalue weighted by molar-refractivity contribution is 6.11. The Morgan fingerprint density at radius 2 is 1.67 bits per heavy atom. The molecule has 39 heavy (non-hydrogen) atoms. The highest BCUT2D eigenvalue weighted by Gasteiger charge is 2.38. The minimum atomic E-state index is 0.122. The first-order chi connectivity index (χ1) is 19.3. The Kier molecular flexibility index (Phi) is 6.07. The van der Waals surface area contributed by atoms with Gasteiger partial charge in [0.05, 0.1) is 12.4 Å². The van der Waals surface area contributed by atoms with E-state index in [9.17, 15) is 0 Å². The van der Waals surface area contributed by atoms with Gasteiger partial charge in [0, 0.05) is 30.5 Å². The Morgan fingerprint density at radius 3 is 2.38 bits per heavy atom. The molecule has 0 amide bonds. The summed E-state index contributed by atoms with van der Waals surface area (Å²) in [6.07, 6.45) is 6.13. The number of nitrogens with one attached hydrogen (secondary N) is 1. The molecule has 8 nitrogen and oxygen atoms in total. The van der Waals surface area contributed by atoms with E-state index in [2.05, 4.69) is 109 Å². The monoisotopic (exact) mass is 516 g/mol. The first kappa shape index (κ1) is 23.6. The molecule has 0 radical (unpaired) electrons. The van der Waals surface area contributed by atoms with E-state index in [0.29, 0.717) is 5.82 Å². The number of nitrogens with zero attached hydrogens (tertiary/aromatic N) is 7. The van der Waals surface area contributed by atoms with Crippen LogP contribution in [-0.4, -0.2) is 55.6 Å². The molecule has 3 heterocycles. The number of fused-ring (bicyclic) bond motifs is 1. The summed E-state index contributed by atoms with van der Waals surface area (Å²) in [6.45, 7) is 5.00. The predicted molar refractivity (Wildman–Crippen MR) is 153 cm³/mol. The molecule has 1 aliphatic carbocycles. The lowest BCUT2D eigenvalue weighted by atomic mass is 9.98. The van der Waals surface area contributed by atoms with Gasteiger partial charge in [-0.05, 0) is 59.2 Å². The normalized spacial score (nSPS) is 18.7. The summed E-state index contributed by atoms with van der Waals surface area (Å²) in [6, 6.07) is 27.7. The number of anilines is 1. The van der Waals surface area contributed by atoms with Gasteiger partial charge in [-0.1, -0.05) is 73.7 Å². The van der Waals surface area contributed by atoms with E-state index in [1.165, 1.54) is 29.8 Å². The Hall–Kier alpha value is -4.46. The van der Waals surface area contributed by atoms with Crippen molar-refractivity contribution in [1.82, 2.24) is 30.4 Å². The molecule has 1 fully saturated rings. The molecule has 1 saturated carbocycles. The van der Waals surface area contributed by atoms with Gasteiger partial charge >= 0.3 is 0 Å². The smallest absolute Gasteiger partial charge is 0.205 e. The second kappa shape index (κ2) is 10.0. The molecule has 4 aromatic rings. The van der Waals surface area contributed by atoms with Crippen molar-refractivity contribution in [3.05, 3.63) is 96.3 Å². The molecule has 8 heteroatoms. The topological polar surface area (TPSA) is 76.5 Å². The Labute approximate surface area is 228 Å². The molecule has 2 aliphatic heterocycles. The molecule has 1 aromatic heterocycles. The fraction of sp³-hybridized carbons (Fsp3) is 0.290. The zero-order chi connectivity index (χ0) is 26.2. The summed E-state index contributed by atoms with van der Waals surface area (Å²) in [5.74, 6) is 2.51. The highest BCUT2D eigenvalue weighted by Crippen LogP contribution is 2.36. The molecule has 0 bridgehead atoms. The van der Waals surface area contributed by atoms with Gasteiger partial charge in [0.15, 0.2) is 5.84 Å². The number of aromatic amines is 1. The van der Waals surface area contributed by atoms with Crippen LogP contribution in [-0.2, 0) is 6.54 Å². The van der Waals surface area contributed by atoms with Crippen LogP contribution in [0.4, 0.5) is 5.69 Å². The number of amidine groups is 1. The number of aliphatic imine (C=N–C) groups is 1. The van der Waals surface area contributed by atoms with Crippen LogP contribution in [0, 0.1) is 5.92 Å². The van der Waals surface area contributed by atoms with E-state index in [1.54, 1.807) is 0 Å². The van der Waals surface area contributed by atoms with Crippen molar-refractivity contribution in [2.45, 2.75) is 38.9 Å². The Balaban J connectivity index is 1.17. The van der Waals surface area contributed by atoms with Gasteiger partial charge in [-0.2, -0.15) is 5.21 Å². The first-order valence-corrected chi connectivity index (χ1v) is 13.8. The van der Waals surface area contributed by atoms with Crippen LogP contribution in [0.2, 0.25) is 0 Å². The third-order valence-electron chi connectivity index (χ3n) is 7.81. The average molecular weight is 517 g/mol. The predicted octanol–water partition coefficient (Wildman–Crippen LogP) is 5.52. The zero-order valence-electron chi connectivity index (χ0n) is 22.1. The van der Waals surface area contributed by atoms with Crippen molar-refractivity contribution < 1.29 is 0 Å². The van der Waals surface area contributed by atoms with E-state index in [-0.39, 0.29) is 6.17 Å². The van der Waals surface area contributed by atoms with Gasteiger partial charge in [-0.25, -0.2) is 4.99 Å². The zero-order valence-corrected chi connectivity index (χ0v) is 22.1. The third kappa shape index (κ3) is 4.67. The lowest BCUT2D eigenvalue weighted by Crippen LogP contribution is -2.46. The number of para-hydroxylation sites is 1. The van der Waals surface area contributed by atoms with Crippen molar-refractivity contribution in [2.24, 2.45) is 10.9 Å². The van der Waals surface area contributed by atoms with Crippen LogP contribution in [0.15, 0.2) is 95.8 Å². The quantitative estimate of drug-likeness (QED) is 0.333. The van der Waals surface area contributed by atoms with Gasteiger partial charge in [0.2, 0.25) is 5.82 Å². The van der Waals surface area contributed by atoms with Crippen molar-refractivity contribution >= 4 is 11.5 Å². The molecule has 1 atom stereocenters. The molecule has 196 valence electrons. The Bertz CT molecular complexity index is 1490. The molecule has 0 spiro atoms. The maximum absolute atomic E-state index is 5.25. The summed E-state index contributed by atoms with van der Waals surface area (Å²) in [4.78, 5) is 12.6. The summed E-state index contributed by atoms with van der Waals surface area (Å²) in [5.41, 5.74) is 6.87. The second-order valence-electron chi connectivity index (χ2n) is 10.6. The number of hydrogen-bond donors (Lipinski definition) is 1. The first-order valence-electron chi connectivity index (χ1n) is 13.8.